The van der Waals surface area contributed by atoms with Gasteiger partial charge in [0.25, 0.3) is 5.91 Å². The third-order valence-corrected chi connectivity index (χ3v) is 4.43. The number of nitrogens with zero attached hydrogens (tertiary/aromatic N) is 1. The fourth-order valence-corrected chi connectivity index (χ4v) is 2.67. The number of nitrogens with one attached hydrogen (secondary N) is 2. The average Bonchev–Trinajstić information content (AvgIpc) is 2.66. The summed E-state index contributed by atoms with van der Waals surface area (Å²) in [6, 6.07) is 14.7. The summed E-state index contributed by atoms with van der Waals surface area (Å²) in [5, 5.41) is 6.13. The number of pyridine rings is 1. The van der Waals surface area contributed by atoms with E-state index in [1.165, 1.54) is 13.1 Å². The SMILES string of the molecule is CC(=O)c1ccc(Nc2cncc(C(=O)Nc3cccc(C)c3C)c2)cc1. The van der Waals surface area contributed by atoms with Gasteiger partial charge in [0.05, 0.1) is 17.4 Å². The highest BCUT2D eigenvalue weighted by Gasteiger charge is 2.10. The van der Waals surface area contributed by atoms with E-state index in [0.717, 1.165) is 22.5 Å². The number of hydrogen-bond donors (Lipinski definition) is 2. The van der Waals surface area contributed by atoms with Crippen molar-refractivity contribution in [2.24, 2.45) is 0 Å². The van der Waals surface area contributed by atoms with Gasteiger partial charge in [0, 0.05) is 23.1 Å². The Bertz CT molecular complexity index is 995. The molecule has 0 radical (unpaired) electrons. The molecular weight excluding hydrogens is 338 g/mol. The number of rotatable bonds is 5. The molecule has 5 nitrogen and oxygen atoms in total. The van der Waals surface area contributed by atoms with Crippen molar-refractivity contribution in [3.8, 4) is 0 Å². The van der Waals surface area contributed by atoms with Crippen molar-refractivity contribution in [1.82, 2.24) is 4.98 Å². The Morgan fingerprint density at radius 3 is 2.33 bits per heavy atom. The number of ketones is 1. The molecule has 1 amide bonds. The number of benzene rings is 2. The molecule has 0 fully saturated rings. The van der Waals surface area contributed by atoms with Crippen LogP contribution in [0, 0.1) is 13.8 Å². The van der Waals surface area contributed by atoms with Gasteiger partial charge in [0.15, 0.2) is 5.78 Å². The molecule has 1 heterocycles. The predicted molar refractivity (Wildman–Crippen MR) is 108 cm³/mol. The molecule has 0 aliphatic heterocycles. The van der Waals surface area contributed by atoms with E-state index in [0.29, 0.717) is 16.8 Å². The van der Waals surface area contributed by atoms with Gasteiger partial charge in [0.1, 0.15) is 0 Å². The van der Waals surface area contributed by atoms with Crippen LogP contribution >= 0.6 is 0 Å². The van der Waals surface area contributed by atoms with Crippen LogP contribution in [-0.4, -0.2) is 16.7 Å². The van der Waals surface area contributed by atoms with Gasteiger partial charge in [-0.25, -0.2) is 0 Å². The summed E-state index contributed by atoms with van der Waals surface area (Å²) in [5.41, 5.74) is 5.57. The van der Waals surface area contributed by atoms with Crippen LogP contribution in [-0.2, 0) is 0 Å². The number of Topliss-reactive ketones (excluding diaryl/α,β-unsaturated/α-hetero) is 1. The van der Waals surface area contributed by atoms with E-state index in [1.807, 2.05) is 44.2 Å². The Labute approximate surface area is 158 Å². The van der Waals surface area contributed by atoms with E-state index < -0.39 is 0 Å². The molecule has 1 aromatic heterocycles. The number of anilines is 3. The minimum atomic E-state index is -0.216. The predicted octanol–water partition coefficient (Wildman–Crippen LogP) is 4.90. The lowest BCUT2D eigenvalue weighted by atomic mass is 10.1. The number of amides is 1. The Kier molecular flexibility index (Phi) is 5.31. The fourth-order valence-electron chi connectivity index (χ4n) is 2.67. The first kappa shape index (κ1) is 18.3. The molecule has 2 N–H and O–H groups in total. The Morgan fingerprint density at radius 1 is 0.889 bits per heavy atom. The highest BCUT2D eigenvalue weighted by Crippen LogP contribution is 2.21. The summed E-state index contributed by atoms with van der Waals surface area (Å²) in [6.07, 6.45) is 3.18. The van der Waals surface area contributed by atoms with Crippen molar-refractivity contribution in [3.63, 3.8) is 0 Å². The van der Waals surface area contributed by atoms with Gasteiger partial charge in [0.2, 0.25) is 0 Å². The minimum absolute atomic E-state index is 0.0216. The Morgan fingerprint density at radius 2 is 1.63 bits per heavy atom. The average molecular weight is 359 g/mol. The van der Waals surface area contributed by atoms with E-state index in [9.17, 15) is 9.59 Å². The molecule has 0 saturated carbocycles. The first-order valence-electron chi connectivity index (χ1n) is 8.64. The summed E-state index contributed by atoms with van der Waals surface area (Å²) in [4.78, 5) is 28.1. The van der Waals surface area contributed by atoms with Gasteiger partial charge >= 0.3 is 0 Å². The van der Waals surface area contributed by atoms with Gasteiger partial charge in [-0.05, 0) is 68.3 Å². The highest BCUT2D eigenvalue weighted by atomic mass is 16.1. The lowest BCUT2D eigenvalue weighted by Gasteiger charge is -2.11. The zero-order valence-electron chi connectivity index (χ0n) is 15.5. The monoisotopic (exact) mass is 359 g/mol. The molecule has 0 unspecified atom stereocenters. The maximum absolute atomic E-state index is 12.6. The summed E-state index contributed by atoms with van der Waals surface area (Å²) >= 11 is 0. The van der Waals surface area contributed by atoms with E-state index >= 15 is 0 Å². The number of carbonyl (C=O) groups excluding carboxylic acids is 2. The fraction of sp³-hybridized carbons (Fsp3) is 0.136. The third-order valence-electron chi connectivity index (χ3n) is 4.43. The molecule has 0 aliphatic rings. The van der Waals surface area contributed by atoms with Crippen LogP contribution in [0.1, 0.15) is 38.8 Å². The second-order valence-electron chi connectivity index (χ2n) is 6.42. The molecule has 0 bridgehead atoms. The van der Waals surface area contributed by atoms with Crippen LogP contribution < -0.4 is 10.6 Å². The molecule has 27 heavy (non-hydrogen) atoms. The first-order chi connectivity index (χ1) is 12.9. The van der Waals surface area contributed by atoms with E-state index in [2.05, 4.69) is 15.6 Å². The van der Waals surface area contributed by atoms with E-state index in [-0.39, 0.29) is 11.7 Å². The number of carbonyl (C=O) groups is 2. The molecule has 0 atom stereocenters. The van der Waals surface area contributed by atoms with E-state index in [4.69, 9.17) is 0 Å². The van der Waals surface area contributed by atoms with Crippen molar-refractivity contribution in [1.29, 1.82) is 0 Å². The van der Waals surface area contributed by atoms with Crippen molar-refractivity contribution in [3.05, 3.63) is 83.2 Å². The van der Waals surface area contributed by atoms with Crippen LogP contribution in [0.3, 0.4) is 0 Å². The van der Waals surface area contributed by atoms with Crippen LogP contribution in [0.4, 0.5) is 17.1 Å². The van der Waals surface area contributed by atoms with Crippen molar-refractivity contribution >= 4 is 28.8 Å². The van der Waals surface area contributed by atoms with Gasteiger partial charge in [-0.3, -0.25) is 14.6 Å². The molecule has 3 aromatic rings. The second-order valence-corrected chi connectivity index (χ2v) is 6.42. The highest BCUT2D eigenvalue weighted by molar-refractivity contribution is 6.05. The normalized spacial score (nSPS) is 10.3. The molecule has 3 rings (SSSR count). The largest absolute Gasteiger partial charge is 0.354 e. The third kappa shape index (κ3) is 4.39. The molecule has 0 spiro atoms. The van der Waals surface area contributed by atoms with Crippen LogP contribution in [0.15, 0.2) is 60.9 Å². The summed E-state index contributed by atoms with van der Waals surface area (Å²) < 4.78 is 0. The first-order valence-corrected chi connectivity index (χ1v) is 8.64. The molecular formula is C22H21N3O2. The molecule has 0 saturated heterocycles. The molecule has 136 valence electrons. The molecule has 5 heteroatoms. The van der Waals surface area contributed by atoms with Crippen molar-refractivity contribution < 1.29 is 9.59 Å². The van der Waals surface area contributed by atoms with Gasteiger partial charge in [-0.2, -0.15) is 0 Å². The lowest BCUT2D eigenvalue weighted by Crippen LogP contribution is -2.13. The number of aromatic nitrogens is 1. The number of hydrogen-bond acceptors (Lipinski definition) is 4. The Balaban J connectivity index is 1.75. The van der Waals surface area contributed by atoms with Crippen LogP contribution in [0.25, 0.3) is 0 Å². The second kappa shape index (κ2) is 7.83. The van der Waals surface area contributed by atoms with Crippen LogP contribution in [0.2, 0.25) is 0 Å². The van der Waals surface area contributed by atoms with Gasteiger partial charge in [-0.1, -0.05) is 12.1 Å². The van der Waals surface area contributed by atoms with Crippen molar-refractivity contribution in [2.45, 2.75) is 20.8 Å². The van der Waals surface area contributed by atoms with E-state index in [1.54, 1.807) is 24.4 Å². The molecule has 2 aromatic carbocycles. The zero-order chi connectivity index (χ0) is 19.4. The Hall–Kier alpha value is -3.47. The smallest absolute Gasteiger partial charge is 0.257 e. The number of aryl methyl sites for hydroxylation is 1. The zero-order valence-corrected chi connectivity index (χ0v) is 15.5. The maximum atomic E-state index is 12.6. The quantitative estimate of drug-likeness (QED) is 0.636. The maximum Gasteiger partial charge on any atom is 0.257 e. The summed E-state index contributed by atoms with van der Waals surface area (Å²) in [7, 11) is 0. The van der Waals surface area contributed by atoms with Crippen LogP contribution in [0.5, 0.6) is 0 Å². The topological polar surface area (TPSA) is 71.1 Å². The molecule has 0 aliphatic carbocycles. The standard InChI is InChI=1S/C22H21N3O2/c1-14-5-4-6-21(15(14)2)25-22(27)18-11-20(13-23-12-18)24-19-9-7-17(8-10-19)16(3)26/h4-13,24H,1-3H3,(H,25,27). The summed E-state index contributed by atoms with van der Waals surface area (Å²) in [6.45, 7) is 5.52. The van der Waals surface area contributed by atoms with Crippen molar-refractivity contribution in [2.75, 3.05) is 10.6 Å². The van der Waals surface area contributed by atoms with Gasteiger partial charge < -0.3 is 10.6 Å². The van der Waals surface area contributed by atoms with Gasteiger partial charge in [-0.15, -0.1) is 0 Å². The minimum Gasteiger partial charge on any atom is -0.354 e. The summed E-state index contributed by atoms with van der Waals surface area (Å²) in [5.74, 6) is -0.194. The lowest BCUT2D eigenvalue weighted by molar-refractivity contribution is 0.101.